The molecule has 0 heterocycles. The van der Waals surface area contributed by atoms with Gasteiger partial charge in [-0.25, -0.2) is 0 Å². The summed E-state index contributed by atoms with van der Waals surface area (Å²) in [6.45, 7) is 3.43. The largest absolute Gasteiger partial charge is 0.354 e. The fraction of sp³-hybridized carbons (Fsp3) is 0.875. The number of likely N-dealkylation sites (N-methyl/N-ethyl adjacent to an activating group) is 1. The molecule has 0 aliphatic heterocycles. The van der Waals surface area contributed by atoms with Crippen molar-refractivity contribution >= 4 is 5.91 Å². The number of hydrogen-bond acceptors (Lipinski definition) is 4. The van der Waals surface area contributed by atoms with Crippen LogP contribution in [-0.4, -0.2) is 46.1 Å². The molecule has 1 amide bonds. The van der Waals surface area contributed by atoms with Gasteiger partial charge in [-0.15, -0.1) is 0 Å². The van der Waals surface area contributed by atoms with E-state index in [4.69, 9.17) is 9.47 Å². The van der Waals surface area contributed by atoms with Gasteiger partial charge in [0, 0.05) is 14.2 Å². The third kappa shape index (κ3) is 6.51. The SMILES string of the molecule is CCNCC(=O)NCC(OC)OC. The molecule has 5 nitrogen and oxygen atoms in total. The molecule has 0 atom stereocenters. The second-order valence-electron chi connectivity index (χ2n) is 2.49. The molecule has 0 aliphatic rings. The van der Waals surface area contributed by atoms with Gasteiger partial charge in [-0.05, 0) is 6.54 Å². The molecule has 0 saturated carbocycles. The Hall–Kier alpha value is -0.650. The average Bonchev–Trinajstić information content (AvgIpc) is 2.16. The Morgan fingerprint density at radius 3 is 2.46 bits per heavy atom. The molecule has 0 aromatic carbocycles. The van der Waals surface area contributed by atoms with E-state index >= 15 is 0 Å². The number of carbonyl (C=O) groups is 1. The van der Waals surface area contributed by atoms with Crippen LogP contribution in [0.4, 0.5) is 0 Å². The highest BCUT2D eigenvalue weighted by molar-refractivity contribution is 5.77. The molecular formula is C8H18N2O3. The van der Waals surface area contributed by atoms with E-state index < -0.39 is 0 Å². The lowest BCUT2D eigenvalue weighted by molar-refractivity contribution is -0.126. The highest BCUT2D eigenvalue weighted by Gasteiger charge is 2.06. The van der Waals surface area contributed by atoms with E-state index in [1.165, 1.54) is 14.2 Å². The quantitative estimate of drug-likeness (QED) is 0.523. The van der Waals surface area contributed by atoms with Gasteiger partial charge in [0.2, 0.25) is 5.91 Å². The maximum absolute atomic E-state index is 11.1. The van der Waals surface area contributed by atoms with E-state index in [1.807, 2.05) is 6.92 Å². The summed E-state index contributed by atoms with van der Waals surface area (Å²) in [6, 6.07) is 0. The molecule has 0 unspecified atom stereocenters. The molecule has 0 fully saturated rings. The van der Waals surface area contributed by atoms with Gasteiger partial charge < -0.3 is 20.1 Å². The molecule has 0 aromatic heterocycles. The van der Waals surface area contributed by atoms with E-state index in [0.29, 0.717) is 13.1 Å². The van der Waals surface area contributed by atoms with E-state index in [2.05, 4.69) is 10.6 Å². The zero-order valence-electron chi connectivity index (χ0n) is 8.42. The molecule has 0 radical (unpaired) electrons. The molecule has 0 saturated heterocycles. The lowest BCUT2D eigenvalue weighted by Crippen LogP contribution is -2.39. The van der Waals surface area contributed by atoms with Crippen molar-refractivity contribution in [3.63, 3.8) is 0 Å². The summed E-state index contributed by atoms with van der Waals surface area (Å²) in [5.41, 5.74) is 0. The molecule has 13 heavy (non-hydrogen) atoms. The summed E-state index contributed by atoms with van der Waals surface area (Å²) < 4.78 is 9.79. The molecular weight excluding hydrogens is 172 g/mol. The average molecular weight is 190 g/mol. The topological polar surface area (TPSA) is 59.6 Å². The molecule has 0 spiro atoms. The number of hydrogen-bond donors (Lipinski definition) is 2. The maximum Gasteiger partial charge on any atom is 0.234 e. The summed E-state index contributed by atoms with van der Waals surface area (Å²) in [5, 5.41) is 5.58. The van der Waals surface area contributed by atoms with Crippen molar-refractivity contribution in [3.8, 4) is 0 Å². The Balaban J connectivity index is 3.44. The number of methoxy groups -OCH3 is 2. The minimum Gasteiger partial charge on any atom is -0.354 e. The third-order valence-corrected chi connectivity index (χ3v) is 1.53. The first-order valence-electron chi connectivity index (χ1n) is 4.27. The number of rotatable bonds is 7. The molecule has 0 rings (SSSR count). The minimum atomic E-state index is -0.370. The zero-order valence-corrected chi connectivity index (χ0v) is 8.42. The molecule has 2 N–H and O–H groups in total. The van der Waals surface area contributed by atoms with Crippen LogP contribution in [0, 0.1) is 0 Å². The van der Waals surface area contributed by atoms with Crippen molar-refractivity contribution in [2.75, 3.05) is 33.9 Å². The van der Waals surface area contributed by atoms with Crippen LogP contribution < -0.4 is 10.6 Å². The van der Waals surface area contributed by atoms with Crippen molar-refractivity contribution in [1.82, 2.24) is 10.6 Å². The minimum absolute atomic E-state index is 0.0547. The molecule has 5 heteroatoms. The third-order valence-electron chi connectivity index (χ3n) is 1.53. The monoisotopic (exact) mass is 190 g/mol. The molecule has 0 bridgehead atoms. The molecule has 0 aliphatic carbocycles. The van der Waals surface area contributed by atoms with Gasteiger partial charge in [0.05, 0.1) is 13.1 Å². The van der Waals surface area contributed by atoms with Gasteiger partial charge in [-0.1, -0.05) is 6.92 Å². The number of nitrogens with one attached hydrogen (secondary N) is 2. The summed E-state index contributed by atoms with van der Waals surface area (Å²) in [5.74, 6) is -0.0547. The standard InChI is InChI=1S/C8H18N2O3/c1-4-9-5-7(11)10-6-8(12-2)13-3/h8-9H,4-6H2,1-3H3,(H,10,11). The lowest BCUT2D eigenvalue weighted by atomic mass is 10.5. The van der Waals surface area contributed by atoms with Crippen LogP contribution in [0.1, 0.15) is 6.92 Å². The van der Waals surface area contributed by atoms with Gasteiger partial charge in [-0.3, -0.25) is 4.79 Å². The first-order valence-corrected chi connectivity index (χ1v) is 4.27. The highest BCUT2D eigenvalue weighted by atomic mass is 16.7. The predicted molar refractivity (Wildman–Crippen MR) is 49.4 cm³/mol. The predicted octanol–water partition coefficient (Wildman–Crippen LogP) is -0.669. The Morgan fingerprint density at radius 1 is 1.38 bits per heavy atom. The zero-order chi connectivity index (χ0) is 10.1. The fourth-order valence-electron chi connectivity index (χ4n) is 0.761. The van der Waals surface area contributed by atoms with Crippen LogP contribution in [0.2, 0.25) is 0 Å². The van der Waals surface area contributed by atoms with Crippen LogP contribution in [0.15, 0.2) is 0 Å². The van der Waals surface area contributed by atoms with Crippen molar-refractivity contribution in [3.05, 3.63) is 0 Å². The van der Waals surface area contributed by atoms with Gasteiger partial charge in [0.1, 0.15) is 0 Å². The van der Waals surface area contributed by atoms with Crippen LogP contribution in [0.25, 0.3) is 0 Å². The Kier molecular flexibility index (Phi) is 7.57. The number of carbonyl (C=O) groups excluding carboxylic acids is 1. The van der Waals surface area contributed by atoms with Crippen LogP contribution in [-0.2, 0) is 14.3 Å². The second kappa shape index (κ2) is 7.97. The van der Waals surface area contributed by atoms with Crippen LogP contribution in [0.5, 0.6) is 0 Å². The smallest absolute Gasteiger partial charge is 0.234 e. The Bertz CT molecular complexity index is 137. The number of ether oxygens (including phenoxy) is 2. The van der Waals surface area contributed by atoms with E-state index in [1.54, 1.807) is 0 Å². The Labute approximate surface area is 78.8 Å². The van der Waals surface area contributed by atoms with Gasteiger partial charge >= 0.3 is 0 Å². The summed E-state index contributed by atoms with van der Waals surface area (Å²) in [4.78, 5) is 11.1. The van der Waals surface area contributed by atoms with Gasteiger partial charge in [0.15, 0.2) is 6.29 Å². The van der Waals surface area contributed by atoms with Crippen molar-refractivity contribution in [2.45, 2.75) is 13.2 Å². The normalized spacial score (nSPS) is 10.5. The van der Waals surface area contributed by atoms with Crippen molar-refractivity contribution < 1.29 is 14.3 Å². The first-order chi connectivity index (χ1) is 6.24. The number of amides is 1. The van der Waals surface area contributed by atoms with E-state index in [0.717, 1.165) is 6.54 Å². The van der Waals surface area contributed by atoms with Crippen LogP contribution >= 0.6 is 0 Å². The van der Waals surface area contributed by atoms with Crippen LogP contribution in [0.3, 0.4) is 0 Å². The summed E-state index contributed by atoms with van der Waals surface area (Å²) >= 11 is 0. The fourth-order valence-corrected chi connectivity index (χ4v) is 0.761. The maximum atomic E-state index is 11.1. The first kappa shape index (κ1) is 12.3. The second-order valence-corrected chi connectivity index (χ2v) is 2.49. The summed E-state index contributed by atoms with van der Waals surface area (Å²) in [7, 11) is 3.06. The van der Waals surface area contributed by atoms with Gasteiger partial charge in [-0.2, -0.15) is 0 Å². The van der Waals surface area contributed by atoms with Crippen molar-refractivity contribution in [2.24, 2.45) is 0 Å². The summed E-state index contributed by atoms with van der Waals surface area (Å²) in [6.07, 6.45) is -0.370. The Morgan fingerprint density at radius 2 is 2.00 bits per heavy atom. The van der Waals surface area contributed by atoms with E-state index in [9.17, 15) is 4.79 Å². The molecule has 0 aromatic rings. The lowest BCUT2D eigenvalue weighted by Gasteiger charge is -2.13. The highest BCUT2D eigenvalue weighted by Crippen LogP contribution is 1.86. The van der Waals surface area contributed by atoms with Gasteiger partial charge in [0.25, 0.3) is 0 Å². The van der Waals surface area contributed by atoms with Crippen molar-refractivity contribution in [1.29, 1.82) is 0 Å². The van der Waals surface area contributed by atoms with E-state index in [-0.39, 0.29) is 12.2 Å². The molecule has 78 valence electrons.